The van der Waals surface area contributed by atoms with Gasteiger partial charge in [0.15, 0.2) is 0 Å². The van der Waals surface area contributed by atoms with Crippen LogP contribution in [0.4, 0.5) is 0 Å². The van der Waals surface area contributed by atoms with Crippen LogP contribution >= 0.6 is 27.5 Å². The van der Waals surface area contributed by atoms with E-state index in [2.05, 4.69) is 20.8 Å². The molecular weight excluding hydrogens is 366 g/mol. The van der Waals surface area contributed by atoms with Crippen molar-refractivity contribution in [3.63, 3.8) is 0 Å². The number of rotatable bonds is 7. The molecule has 0 fully saturated rings. The summed E-state index contributed by atoms with van der Waals surface area (Å²) in [6.45, 7) is 1.86. The van der Waals surface area contributed by atoms with Crippen LogP contribution in [0.5, 0.6) is 0 Å². The van der Waals surface area contributed by atoms with Gasteiger partial charge in [0.1, 0.15) is 0 Å². The van der Waals surface area contributed by atoms with Gasteiger partial charge in [0.05, 0.1) is 6.42 Å². The number of carboxylic acids is 1. The number of carboxylic acid groups (broad SMARTS) is 1. The highest BCUT2D eigenvalue weighted by Gasteiger charge is 2.10. The SMILES string of the molecule is O=C(O)CCN(Cc1cccc(Cl)c1)Cc1cccc(Br)c1. The summed E-state index contributed by atoms with van der Waals surface area (Å²) in [5.41, 5.74) is 2.22. The van der Waals surface area contributed by atoms with Crippen molar-refractivity contribution >= 4 is 33.5 Å². The molecule has 0 spiro atoms. The smallest absolute Gasteiger partial charge is 0.304 e. The first-order valence-corrected chi connectivity index (χ1v) is 8.13. The Morgan fingerprint density at radius 1 is 1.09 bits per heavy atom. The zero-order valence-electron chi connectivity index (χ0n) is 12.0. The van der Waals surface area contributed by atoms with E-state index in [1.165, 1.54) is 0 Å². The van der Waals surface area contributed by atoms with Crippen LogP contribution in [0.3, 0.4) is 0 Å². The lowest BCUT2D eigenvalue weighted by Crippen LogP contribution is -2.25. The minimum absolute atomic E-state index is 0.120. The lowest BCUT2D eigenvalue weighted by molar-refractivity contribution is -0.137. The molecule has 1 N–H and O–H groups in total. The van der Waals surface area contributed by atoms with Gasteiger partial charge in [0.2, 0.25) is 0 Å². The summed E-state index contributed by atoms with van der Waals surface area (Å²) in [5.74, 6) is -0.787. The van der Waals surface area contributed by atoms with E-state index in [1.54, 1.807) is 0 Å². The molecule has 0 aromatic heterocycles. The number of carbonyl (C=O) groups is 1. The van der Waals surface area contributed by atoms with Gasteiger partial charge in [-0.3, -0.25) is 9.69 Å². The Labute approximate surface area is 143 Å². The minimum Gasteiger partial charge on any atom is -0.481 e. The molecule has 116 valence electrons. The number of halogens is 2. The molecule has 0 amide bonds. The highest BCUT2D eigenvalue weighted by molar-refractivity contribution is 9.10. The maximum absolute atomic E-state index is 10.9. The van der Waals surface area contributed by atoms with E-state index in [1.807, 2.05) is 48.5 Å². The molecule has 2 rings (SSSR count). The first-order valence-electron chi connectivity index (χ1n) is 6.96. The van der Waals surface area contributed by atoms with Gasteiger partial charge in [-0.2, -0.15) is 0 Å². The summed E-state index contributed by atoms with van der Waals surface area (Å²) in [7, 11) is 0. The average Bonchev–Trinajstić information content (AvgIpc) is 2.45. The van der Waals surface area contributed by atoms with Crippen LogP contribution in [-0.4, -0.2) is 22.5 Å². The topological polar surface area (TPSA) is 40.5 Å². The lowest BCUT2D eigenvalue weighted by Gasteiger charge is -2.22. The van der Waals surface area contributed by atoms with Gasteiger partial charge in [-0.25, -0.2) is 0 Å². The van der Waals surface area contributed by atoms with Crippen molar-refractivity contribution < 1.29 is 9.90 Å². The monoisotopic (exact) mass is 381 g/mol. The third-order valence-corrected chi connectivity index (χ3v) is 3.96. The van der Waals surface area contributed by atoms with Crippen LogP contribution < -0.4 is 0 Å². The maximum Gasteiger partial charge on any atom is 0.304 e. The zero-order chi connectivity index (χ0) is 15.9. The second kappa shape index (κ2) is 8.32. The molecule has 2 aromatic rings. The molecule has 0 atom stereocenters. The van der Waals surface area contributed by atoms with E-state index in [0.29, 0.717) is 24.7 Å². The molecule has 0 heterocycles. The van der Waals surface area contributed by atoms with Gasteiger partial charge < -0.3 is 5.11 Å². The highest BCUT2D eigenvalue weighted by Crippen LogP contribution is 2.17. The fourth-order valence-corrected chi connectivity index (χ4v) is 2.91. The summed E-state index contributed by atoms with van der Waals surface area (Å²) in [4.78, 5) is 13.0. The van der Waals surface area contributed by atoms with E-state index >= 15 is 0 Å². The summed E-state index contributed by atoms with van der Waals surface area (Å²) in [6, 6.07) is 15.7. The van der Waals surface area contributed by atoms with Crippen LogP contribution in [0.15, 0.2) is 53.0 Å². The predicted octanol–water partition coefficient (Wildman–Crippen LogP) is 4.58. The summed E-state index contributed by atoms with van der Waals surface area (Å²) in [6.07, 6.45) is 0.120. The predicted molar refractivity (Wildman–Crippen MR) is 92.0 cm³/mol. The normalized spacial score (nSPS) is 10.9. The molecule has 2 aromatic carbocycles. The van der Waals surface area contributed by atoms with Crippen molar-refractivity contribution in [2.75, 3.05) is 6.54 Å². The zero-order valence-corrected chi connectivity index (χ0v) is 14.3. The van der Waals surface area contributed by atoms with Crippen molar-refractivity contribution in [3.8, 4) is 0 Å². The Hall–Kier alpha value is -1.36. The minimum atomic E-state index is -0.787. The third-order valence-electron chi connectivity index (χ3n) is 3.23. The number of nitrogens with zero attached hydrogens (tertiary/aromatic N) is 1. The van der Waals surface area contributed by atoms with Crippen LogP contribution in [0, 0.1) is 0 Å². The van der Waals surface area contributed by atoms with Gasteiger partial charge in [0, 0.05) is 29.1 Å². The van der Waals surface area contributed by atoms with E-state index in [-0.39, 0.29) is 6.42 Å². The quantitative estimate of drug-likeness (QED) is 0.762. The van der Waals surface area contributed by atoms with Crippen molar-refractivity contribution in [1.82, 2.24) is 4.90 Å². The Kier molecular flexibility index (Phi) is 6.43. The van der Waals surface area contributed by atoms with Crippen LogP contribution in [0.25, 0.3) is 0 Å². The summed E-state index contributed by atoms with van der Waals surface area (Å²) in [5, 5.41) is 9.62. The van der Waals surface area contributed by atoms with E-state index < -0.39 is 5.97 Å². The van der Waals surface area contributed by atoms with Gasteiger partial charge in [-0.15, -0.1) is 0 Å². The fraction of sp³-hybridized carbons (Fsp3) is 0.235. The standard InChI is InChI=1S/C17H17BrClNO2/c18-15-5-1-3-13(9-15)11-20(8-7-17(21)22)12-14-4-2-6-16(19)10-14/h1-6,9-10H,7-8,11-12H2,(H,21,22). The second-order valence-electron chi connectivity index (χ2n) is 5.11. The van der Waals surface area contributed by atoms with Gasteiger partial charge in [-0.05, 0) is 35.4 Å². The van der Waals surface area contributed by atoms with E-state index in [4.69, 9.17) is 16.7 Å². The molecule has 22 heavy (non-hydrogen) atoms. The van der Waals surface area contributed by atoms with Crippen LogP contribution in [0.1, 0.15) is 17.5 Å². The Balaban J connectivity index is 2.09. The van der Waals surface area contributed by atoms with Gasteiger partial charge in [0.25, 0.3) is 0 Å². The molecule has 0 saturated heterocycles. The molecule has 0 saturated carbocycles. The molecule has 5 heteroatoms. The number of hydrogen-bond donors (Lipinski definition) is 1. The van der Waals surface area contributed by atoms with Crippen molar-refractivity contribution in [2.45, 2.75) is 19.5 Å². The Morgan fingerprint density at radius 2 is 1.73 bits per heavy atom. The summed E-state index contributed by atoms with van der Waals surface area (Å²) < 4.78 is 1.02. The second-order valence-corrected chi connectivity index (χ2v) is 6.47. The van der Waals surface area contributed by atoms with E-state index in [9.17, 15) is 4.79 Å². The molecule has 0 unspecified atom stereocenters. The van der Waals surface area contributed by atoms with E-state index in [0.717, 1.165) is 15.6 Å². The molecule has 0 aliphatic rings. The summed E-state index contributed by atoms with van der Waals surface area (Å²) >= 11 is 9.48. The first-order chi connectivity index (χ1) is 10.5. The first kappa shape index (κ1) is 17.0. The number of benzene rings is 2. The third kappa shape index (κ3) is 5.79. The molecule has 0 bridgehead atoms. The highest BCUT2D eigenvalue weighted by atomic mass is 79.9. The molecule has 0 aliphatic heterocycles. The van der Waals surface area contributed by atoms with Crippen LogP contribution in [-0.2, 0) is 17.9 Å². The van der Waals surface area contributed by atoms with Crippen molar-refractivity contribution in [2.24, 2.45) is 0 Å². The number of aliphatic carboxylic acids is 1. The maximum atomic E-state index is 10.9. The average molecular weight is 383 g/mol. The van der Waals surface area contributed by atoms with Crippen molar-refractivity contribution in [1.29, 1.82) is 0 Å². The molecule has 3 nitrogen and oxygen atoms in total. The molecule has 0 radical (unpaired) electrons. The fourth-order valence-electron chi connectivity index (χ4n) is 2.25. The molecule has 0 aliphatic carbocycles. The molecular formula is C17H17BrClNO2. The Bertz CT molecular complexity index is 601. The lowest BCUT2D eigenvalue weighted by atomic mass is 10.1. The van der Waals surface area contributed by atoms with Gasteiger partial charge in [-0.1, -0.05) is 51.8 Å². The number of hydrogen-bond acceptors (Lipinski definition) is 2. The largest absolute Gasteiger partial charge is 0.481 e. The van der Waals surface area contributed by atoms with Crippen molar-refractivity contribution in [3.05, 3.63) is 69.2 Å². The Morgan fingerprint density at radius 3 is 2.32 bits per heavy atom. The van der Waals surface area contributed by atoms with Crippen LogP contribution in [0.2, 0.25) is 5.02 Å². The van der Waals surface area contributed by atoms with Gasteiger partial charge >= 0.3 is 5.97 Å².